The number of methoxy groups -OCH3 is 2. The third-order valence-corrected chi connectivity index (χ3v) is 3.17. The lowest BCUT2D eigenvalue weighted by atomic mass is 9.93. The highest BCUT2D eigenvalue weighted by Crippen LogP contribution is 2.32. The first-order valence-electron chi connectivity index (χ1n) is 6.01. The summed E-state index contributed by atoms with van der Waals surface area (Å²) in [5.41, 5.74) is 1.23. The first-order valence-corrected chi connectivity index (χ1v) is 6.01. The molecule has 0 aliphatic carbocycles. The molecular weight excluding hydrogens is 214 g/mol. The topological polar surface area (TPSA) is 30.5 Å². The van der Waals surface area contributed by atoms with Crippen molar-refractivity contribution in [3.8, 4) is 11.5 Å². The maximum Gasteiger partial charge on any atom is 0.126 e. The summed E-state index contributed by atoms with van der Waals surface area (Å²) in [6, 6.07) is 6.51. The Morgan fingerprint density at radius 1 is 1.18 bits per heavy atom. The van der Waals surface area contributed by atoms with Crippen molar-refractivity contribution in [2.45, 2.75) is 32.2 Å². The van der Waals surface area contributed by atoms with Crippen molar-refractivity contribution in [2.24, 2.45) is 0 Å². The molecule has 0 aliphatic rings. The minimum absolute atomic E-state index is 0.457. The zero-order valence-electron chi connectivity index (χ0n) is 11.4. The summed E-state index contributed by atoms with van der Waals surface area (Å²) in [4.78, 5) is 0. The second-order valence-electron chi connectivity index (χ2n) is 4.43. The SMILES string of the molecule is CNC(C)CC(C)c1ccc(OC)cc1OC. The summed E-state index contributed by atoms with van der Waals surface area (Å²) in [6.45, 7) is 4.41. The molecule has 2 unspecified atom stereocenters. The number of benzene rings is 1. The largest absolute Gasteiger partial charge is 0.497 e. The quantitative estimate of drug-likeness (QED) is 0.825. The fourth-order valence-electron chi connectivity index (χ4n) is 2.00. The first-order chi connectivity index (χ1) is 8.12. The third-order valence-electron chi connectivity index (χ3n) is 3.17. The van der Waals surface area contributed by atoms with Crippen LogP contribution in [0.25, 0.3) is 0 Å². The van der Waals surface area contributed by atoms with Gasteiger partial charge < -0.3 is 14.8 Å². The number of rotatable bonds is 6. The normalized spacial score (nSPS) is 14.2. The first kappa shape index (κ1) is 13.8. The van der Waals surface area contributed by atoms with Gasteiger partial charge in [-0.1, -0.05) is 13.0 Å². The lowest BCUT2D eigenvalue weighted by molar-refractivity contribution is 0.386. The number of hydrogen-bond donors (Lipinski definition) is 1. The molecule has 1 aromatic rings. The zero-order valence-corrected chi connectivity index (χ0v) is 11.4. The van der Waals surface area contributed by atoms with Gasteiger partial charge in [0.15, 0.2) is 0 Å². The summed E-state index contributed by atoms with van der Waals surface area (Å²) in [7, 11) is 5.36. The van der Waals surface area contributed by atoms with Gasteiger partial charge in [0.25, 0.3) is 0 Å². The second-order valence-corrected chi connectivity index (χ2v) is 4.43. The monoisotopic (exact) mass is 237 g/mol. The molecule has 17 heavy (non-hydrogen) atoms. The highest BCUT2D eigenvalue weighted by molar-refractivity contribution is 5.42. The van der Waals surface area contributed by atoms with Crippen LogP contribution in [0.15, 0.2) is 18.2 Å². The molecule has 0 heterocycles. The standard InChI is InChI=1S/C14H23NO2/c1-10(8-11(2)15-3)13-7-6-12(16-4)9-14(13)17-5/h6-7,9-11,15H,8H2,1-5H3. The highest BCUT2D eigenvalue weighted by Gasteiger charge is 2.14. The van der Waals surface area contributed by atoms with Crippen molar-refractivity contribution in [2.75, 3.05) is 21.3 Å². The van der Waals surface area contributed by atoms with Gasteiger partial charge in [-0.3, -0.25) is 0 Å². The Morgan fingerprint density at radius 3 is 2.41 bits per heavy atom. The Morgan fingerprint density at radius 2 is 1.88 bits per heavy atom. The van der Waals surface area contributed by atoms with Crippen LogP contribution >= 0.6 is 0 Å². The van der Waals surface area contributed by atoms with Crippen LogP contribution in [0, 0.1) is 0 Å². The lowest BCUT2D eigenvalue weighted by Crippen LogP contribution is -2.23. The van der Waals surface area contributed by atoms with Crippen LogP contribution < -0.4 is 14.8 Å². The molecule has 2 atom stereocenters. The van der Waals surface area contributed by atoms with Gasteiger partial charge in [0.05, 0.1) is 14.2 Å². The minimum Gasteiger partial charge on any atom is -0.497 e. The maximum absolute atomic E-state index is 5.42. The van der Waals surface area contributed by atoms with Crippen molar-refractivity contribution < 1.29 is 9.47 Å². The van der Waals surface area contributed by atoms with E-state index in [0.29, 0.717) is 12.0 Å². The van der Waals surface area contributed by atoms with E-state index < -0.39 is 0 Å². The average molecular weight is 237 g/mol. The highest BCUT2D eigenvalue weighted by atomic mass is 16.5. The van der Waals surface area contributed by atoms with Crippen molar-refractivity contribution >= 4 is 0 Å². The molecule has 0 aliphatic heterocycles. The van der Waals surface area contributed by atoms with E-state index in [0.717, 1.165) is 17.9 Å². The molecule has 3 heteroatoms. The van der Waals surface area contributed by atoms with E-state index in [1.807, 2.05) is 19.2 Å². The molecule has 0 fully saturated rings. The third kappa shape index (κ3) is 3.63. The summed E-state index contributed by atoms with van der Waals surface area (Å²) in [6.07, 6.45) is 1.08. The predicted molar refractivity (Wildman–Crippen MR) is 71.1 cm³/mol. The molecule has 1 N–H and O–H groups in total. The van der Waals surface area contributed by atoms with Gasteiger partial charge in [0.1, 0.15) is 11.5 Å². The molecule has 0 saturated heterocycles. The lowest BCUT2D eigenvalue weighted by Gasteiger charge is -2.19. The molecule has 0 bridgehead atoms. The average Bonchev–Trinajstić information content (AvgIpc) is 2.37. The van der Waals surface area contributed by atoms with Crippen LogP contribution in [0.4, 0.5) is 0 Å². The Bertz CT molecular complexity index is 352. The van der Waals surface area contributed by atoms with E-state index >= 15 is 0 Å². The molecule has 1 rings (SSSR count). The molecule has 0 amide bonds. The van der Waals surface area contributed by atoms with Gasteiger partial charge in [-0.15, -0.1) is 0 Å². The molecular formula is C14H23NO2. The molecule has 3 nitrogen and oxygen atoms in total. The molecule has 1 aromatic carbocycles. The Hall–Kier alpha value is -1.22. The number of nitrogens with one attached hydrogen (secondary N) is 1. The Balaban J connectivity index is 2.88. The van der Waals surface area contributed by atoms with Crippen LogP contribution in [-0.2, 0) is 0 Å². The van der Waals surface area contributed by atoms with Gasteiger partial charge in [-0.05, 0) is 37.9 Å². The Kier molecular flexibility index (Phi) is 5.29. The summed E-state index contributed by atoms with van der Waals surface area (Å²) in [5.74, 6) is 2.19. The minimum atomic E-state index is 0.457. The second kappa shape index (κ2) is 6.50. The van der Waals surface area contributed by atoms with Gasteiger partial charge >= 0.3 is 0 Å². The van der Waals surface area contributed by atoms with Crippen molar-refractivity contribution in [3.05, 3.63) is 23.8 Å². The summed E-state index contributed by atoms with van der Waals surface area (Å²) < 4.78 is 10.6. The molecule has 0 aromatic heterocycles. The fraction of sp³-hybridized carbons (Fsp3) is 0.571. The van der Waals surface area contributed by atoms with Crippen molar-refractivity contribution in [3.63, 3.8) is 0 Å². The summed E-state index contributed by atoms with van der Waals surface area (Å²) >= 11 is 0. The maximum atomic E-state index is 5.42. The van der Waals surface area contributed by atoms with Gasteiger partial charge in [0.2, 0.25) is 0 Å². The van der Waals surface area contributed by atoms with Gasteiger partial charge in [-0.25, -0.2) is 0 Å². The van der Waals surface area contributed by atoms with Gasteiger partial charge in [-0.2, -0.15) is 0 Å². The molecule has 0 spiro atoms. The van der Waals surface area contributed by atoms with E-state index in [1.54, 1.807) is 14.2 Å². The van der Waals surface area contributed by atoms with Gasteiger partial charge in [0, 0.05) is 12.1 Å². The zero-order chi connectivity index (χ0) is 12.8. The van der Waals surface area contributed by atoms with Crippen LogP contribution in [0.5, 0.6) is 11.5 Å². The molecule has 96 valence electrons. The van der Waals surface area contributed by atoms with Crippen LogP contribution in [0.3, 0.4) is 0 Å². The van der Waals surface area contributed by atoms with E-state index in [2.05, 4.69) is 25.2 Å². The number of hydrogen-bond acceptors (Lipinski definition) is 3. The predicted octanol–water partition coefficient (Wildman–Crippen LogP) is 2.81. The van der Waals surface area contributed by atoms with Crippen LogP contribution in [0.2, 0.25) is 0 Å². The number of ether oxygens (including phenoxy) is 2. The van der Waals surface area contributed by atoms with E-state index in [1.165, 1.54) is 5.56 Å². The summed E-state index contributed by atoms with van der Waals surface area (Å²) in [5, 5.41) is 3.26. The van der Waals surface area contributed by atoms with E-state index in [9.17, 15) is 0 Å². The van der Waals surface area contributed by atoms with Crippen molar-refractivity contribution in [1.82, 2.24) is 5.32 Å². The van der Waals surface area contributed by atoms with Crippen molar-refractivity contribution in [1.29, 1.82) is 0 Å². The Labute approximate surface area is 104 Å². The molecule has 0 saturated carbocycles. The fourth-order valence-corrected chi connectivity index (χ4v) is 2.00. The van der Waals surface area contributed by atoms with E-state index in [-0.39, 0.29) is 0 Å². The van der Waals surface area contributed by atoms with Crippen LogP contribution in [-0.4, -0.2) is 27.3 Å². The van der Waals surface area contributed by atoms with Crippen LogP contribution in [0.1, 0.15) is 31.7 Å². The van der Waals surface area contributed by atoms with E-state index in [4.69, 9.17) is 9.47 Å². The molecule has 0 radical (unpaired) electrons. The smallest absolute Gasteiger partial charge is 0.126 e.